The Labute approximate surface area is 239 Å². The van der Waals surface area contributed by atoms with E-state index in [-0.39, 0.29) is 13.7 Å². The Morgan fingerprint density at radius 1 is 0.361 bits per heavy atom. The van der Waals surface area contributed by atoms with Gasteiger partial charge in [0.05, 0.1) is 0 Å². The Hall–Kier alpha value is 1.87. The van der Waals surface area contributed by atoms with E-state index < -0.39 is 55.5 Å². The van der Waals surface area contributed by atoms with Crippen molar-refractivity contribution in [1.29, 1.82) is 0 Å². The van der Waals surface area contributed by atoms with E-state index in [1.54, 1.807) is 0 Å². The molecule has 216 valence electrons. The molecule has 1 aliphatic rings. The molecule has 0 aromatic carbocycles. The van der Waals surface area contributed by atoms with Crippen LogP contribution in [0.25, 0.3) is 0 Å². The summed E-state index contributed by atoms with van der Waals surface area (Å²) in [6.07, 6.45) is 0. The van der Waals surface area contributed by atoms with Crippen molar-refractivity contribution >= 4 is 55.5 Å². The summed E-state index contributed by atoms with van der Waals surface area (Å²) in [6.45, 7) is 47.2. The fourth-order valence-electron chi connectivity index (χ4n) is 6.73. The molecule has 8 heteroatoms. The molecule has 1 heterocycles. The van der Waals surface area contributed by atoms with Gasteiger partial charge in [-0.2, -0.15) is 0 Å². The van der Waals surface area contributed by atoms with Gasteiger partial charge in [-0.05, 0) is 0 Å². The van der Waals surface area contributed by atoms with Gasteiger partial charge in [0.15, 0.2) is 0 Å². The molecule has 0 aliphatic carbocycles. The van der Waals surface area contributed by atoms with Gasteiger partial charge in [-0.1, -0.05) is 0 Å². The molecule has 0 bridgehead atoms. The van der Waals surface area contributed by atoms with Crippen molar-refractivity contribution in [3.05, 3.63) is 0 Å². The summed E-state index contributed by atoms with van der Waals surface area (Å²) in [5.74, 6) is 0. The topological polar surface area (TPSA) is 36.9 Å². The van der Waals surface area contributed by atoms with Gasteiger partial charge < -0.3 is 0 Å². The zero-order valence-electron chi connectivity index (χ0n) is 27.9. The van der Waals surface area contributed by atoms with Gasteiger partial charge >= 0.3 is 241 Å². The van der Waals surface area contributed by atoms with Crippen LogP contribution >= 0.6 is 0 Å². The van der Waals surface area contributed by atoms with Crippen molar-refractivity contribution < 1.29 is 11.1 Å². The Bertz CT molecular complexity index is 625. The average molecular weight is 758 g/mol. The minimum atomic E-state index is -4.05. The second-order valence-electron chi connectivity index (χ2n) is 16.7. The van der Waals surface area contributed by atoms with E-state index in [0.29, 0.717) is 22.2 Å². The zero-order chi connectivity index (χ0) is 29.1. The van der Waals surface area contributed by atoms with E-state index in [0.717, 1.165) is 0 Å². The number of hydrogen-bond acceptors (Lipinski definition) is 4. The van der Waals surface area contributed by atoms with Gasteiger partial charge in [-0.3, -0.25) is 0 Å². The monoisotopic (exact) mass is 760 g/mol. The second-order valence-corrected chi connectivity index (χ2v) is 56.2. The molecular formula is C28H64O4Si2Sn2. The van der Waals surface area contributed by atoms with Crippen molar-refractivity contribution in [3.8, 4) is 0 Å². The van der Waals surface area contributed by atoms with E-state index in [9.17, 15) is 0 Å². The van der Waals surface area contributed by atoms with Crippen LogP contribution in [0, 0.1) is 0 Å². The van der Waals surface area contributed by atoms with Gasteiger partial charge in [0.25, 0.3) is 0 Å². The maximum absolute atomic E-state index is 8.03. The van der Waals surface area contributed by atoms with Crippen LogP contribution in [0.5, 0.6) is 0 Å². The third-order valence-electron chi connectivity index (χ3n) is 8.38. The SMILES string of the molecule is CC(C)[Si]1(C(C)C)[O][Sn]([C](C)(C)C)([C](C)(C)C)[O][Si](C(C)C)(C(C)C)[O][Sn]([C](C)(C)C)([C](C)(C)C)[O]1. The molecule has 0 atom stereocenters. The number of rotatable bonds is 4. The van der Waals surface area contributed by atoms with Gasteiger partial charge in [0.2, 0.25) is 0 Å². The van der Waals surface area contributed by atoms with Crippen LogP contribution in [0.3, 0.4) is 0 Å². The summed E-state index contributed by atoms with van der Waals surface area (Å²) in [7, 11) is -5.61. The molecule has 0 aromatic heterocycles. The molecule has 0 saturated carbocycles. The molecule has 0 unspecified atom stereocenters. The molecule has 0 N–H and O–H groups in total. The summed E-state index contributed by atoms with van der Waals surface area (Å²) < 4.78 is 31.8. The van der Waals surface area contributed by atoms with E-state index in [1.807, 2.05) is 0 Å². The standard InChI is InChI=1S/2C6H14O2Si.4C4H9.2Sn/c2*1-5(2)9(7,8)6(3)4;4*1-4(2)3;;/h2*5-6H,1-4H3;4*1-3H3;;/q2*-2;;;;;2*+2. The van der Waals surface area contributed by atoms with Crippen LogP contribution in [-0.4, -0.2) is 55.5 Å². The summed E-state index contributed by atoms with van der Waals surface area (Å²) >= 11 is -8.09. The quantitative estimate of drug-likeness (QED) is 0.268. The summed E-state index contributed by atoms with van der Waals surface area (Å²) in [5.41, 5.74) is 1.22. The Morgan fingerprint density at radius 2 is 0.500 bits per heavy atom. The van der Waals surface area contributed by atoms with Crippen molar-refractivity contribution in [2.75, 3.05) is 0 Å². The fourth-order valence-corrected chi connectivity index (χ4v) is 88.9. The predicted octanol–water partition coefficient (Wildman–Crippen LogP) is 10.7. The molecule has 0 amide bonds. The maximum atomic E-state index is 8.03. The van der Waals surface area contributed by atoms with Gasteiger partial charge in [-0.25, -0.2) is 0 Å². The van der Waals surface area contributed by atoms with Crippen LogP contribution in [0.1, 0.15) is 138 Å². The molecule has 0 aromatic rings. The molecule has 1 fully saturated rings. The van der Waals surface area contributed by atoms with E-state index in [2.05, 4.69) is 138 Å². The number of hydrogen-bond donors (Lipinski definition) is 0. The van der Waals surface area contributed by atoms with E-state index in [4.69, 9.17) is 11.1 Å². The Kier molecular flexibility index (Phi) is 10.9. The fraction of sp³-hybridized carbons (Fsp3) is 1.00. The Balaban J connectivity index is 4.46. The molecular weight excluding hydrogens is 694 g/mol. The van der Waals surface area contributed by atoms with Crippen molar-refractivity contribution in [2.45, 2.75) is 174 Å². The molecule has 1 aliphatic heterocycles. The first-order chi connectivity index (χ1) is 15.6. The van der Waals surface area contributed by atoms with Gasteiger partial charge in [0, 0.05) is 0 Å². The third-order valence-corrected chi connectivity index (χ3v) is 60.6. The van der Waals surface area contributed by atoms with Crippen LogP contribution in [-0.2, 0) is 11.1 Å². The summed E-state index contributed by atoms with van der Waals surface area (Å²) in [4.78, 5) is 0. The molecule has 4 nitrogen and oxygen atoms in total. The first kappa shape index (κ1) is 35.9. The molecule has 1 rings (SSSR count). The van der Waals surface area contributed by atoms with Crippen molar-refractivity contribution in [1.82, 2.24) is 0 Å². The van der Waals surface area contributed by atoms with Crippen LogP contribution < -0.4 is 0 Å². The van der Waals surface area contributed by atoms with Crippen LogP contribution in [0.4, 0.5) is 0 Å². The van der Waals surface area contributed by atoms with Crippen molar-refractivity contribution in [2.24, 2.45) is 0 Å². The van der Waals surface area contributed by atoms with Gasteiger partial charge in [0.1, 0.15) is 0 Å². The van der Waals surface area contributed by atoms with Gasteiger partial charge in [-0.15, -0.1) is 0 Å². The Morgan fingerprint density at radius 3 is 0.583 bits per heavy atom. The summed E-state index contributed by atoms with van der Waals surface area (Å²) in [6, 6.07) is 0. The predicted molar refractivity (Wildman–Crippen MR) is 167 cm³/mol. The molecule has 36 heavy (non-hydrogen) atoms. The zero-order valence-corrected chi connectivity index (χ0v) is 35.7. The van der Waals surface area contributed by atoms with E-state index in [1.165, 1.54) is 0 Å². The normalized spacial score (nSPS) is 23.3. The first-order valence-electron chi connectivity index (χ1n) is 14.4. The third kappa shape index (κ3) is 5.92. The first-order valence-corrected chi connectivity index (χ1v) is 28.7. The van der Waals surface area contributed by atoms with Crippen molar-refractivity contribution in [3.63, 3.8) is 0 Å². The minimum absolute atomic E-state index is 0.0807. The van der Waals surface area contributed by atoms with Crippen LogP contribution in [0.15, 0.2) is 0 Å². The second kappa shape index (κ2) is 10.9. The molecule has 0 radical (unpaired) electrons. The van der Waals surface area contributed by atoms with E-state index >= 15 is 0 Å². The molecule has 1 saturated heterocycles. The average Bonchev–Trinajstić information content (AvgIpc) is 2.56. The molecule has 0 spiro atoms. The summed E-state index contributed by atoms with van der Waals surface area (Å²) in [5, 5.41) is 0. The van der Waals surface area contributed by atoms with Crippen LogP contribution in [0.2, 0.25) is 35.9 Å².